The zero-order valence-electron chi connectivity index (χ0n) is 36.4. The monoisotopic (exact) mass is 852 g/mol. The standard InChI is InChI=1S/C49H62F2N6O5/c1-48(2,3)62-47(61)57-31-36-20-21-40(55(36)30-24-39(33-13-5-4-6-14-33)53-44(58)35-22-25-49(50,51)26-23-35)42(57)32-54(41-19-11-15-34-16-12-27-52-43(34)41)28-9-10-29-56-45(59)37-17-7-8-18-38(37)46(56)60/h4-8,12-14,16-18,27,35-36,39-42H,9-11,15,19-26,28-32H2,1-3H3,(H,53,58)/t36-,39-,40+,41-,42?/m0/s1. The van der Waals surface area contributed by atoms with Crippen LogP contribution in [0.1, 0.15) is 141 Å². The van der Waals surface area contributed by atoms with E-state index in [4.69, 9.17) is 9.72 Å². The van der Waals surface area contributed by atoms with Gasteiger partial charge in [-0.1, -0.05) is 48.5 Å². The van der Waals surface area contributed by atoms with E-state index in [1.807, 2.05) is 68.3 Å². The van der Waals surface area contributed by atoms with Crippen LogP contribution in [0.15, 0.2) is 72.9 Å². The number of nitrogens with one attached hydrogen (secondary N) is 1. The molecule has 1 N–H and O–H groups in total. The molecule has 11 nitrogen and oxygen atoms in total. The van der Waals surface area contributed by atoms with E-state index < -0.39 is 17.4 Å². The van der Waals surface area contributed by atoms with Crippen LogP contribution < -0.4 is 5.32 Å². The summed E-state index contributed by atoms with van der Waals surface area (Å²) in [5, 5.41) is 3.27. The third-order valence-corrected chi connectivity index (χ3v) is 13.8. The average molecular weight is 853 g/mol. The number of fused-ring (bicyclic) bond motifs is 4. The number of hydrogen-bond acceptors (Lipinski definition) is 8. The highest BCUT2D eigenvalue weighted by atomic mass is 19.3. The Morgan fingerprint density at radius 3 is 2.32 bits per heavy atom. The first-order chi connectivity index (χ1) is 29.8. The van der Waals surface area contributed by atoms with Crippen molar-refractivity contribution in [2.45, 2.75) is 140 Å². The SMILES string of the molecule is CC(C)(C)OC(=O)N1C[C@@H]2CC[C@H](C1CN(CCCCN1C(=O)c3ccccc3C1=O)[C@H]1CCCc3cccnc31)N2CC[C@H](NC(=O)C1CCC(F)(F)CC1)c1ccccc1. The van der Waals surface area contributed by atoms with Gasteiger partial charge >= 0.3 is 6.09 Å². The molecule has 0 radical (unpaired) electrons. The van der Waals surface area contributed by atoms with E-state index >= 15 is 0 Å². The smallest absolute Gasteiger partial charge is 0.410 e. The van der Waals surface area contributed by atoms with Gasteiger partial charge in [0.05, 0.1) is 34.9 Å². The Bertz CT molecular complexity index is 2050. The number of aromatic nitrogens is 1. The maximum Gasteiger partial charge on any atom is 0.410 e. The van der Waals surface area contributed by atoms with Gasteiger partial charge in [-0.25, -0.2) is 13.6 Å². The number of aryl methyl sites for hydroxylation is 1. The van der Waals surface area contributed by atoms with Gasteiger partial charge in [0.1, 0.15) is 5.60 Å². The Labute approximate surface area is 364 Å². The van der Waals surface area contributed by atoms with E-state index in [0.717, 1.165) is 49.8 Å². The normalized spacial score (nSPS) is 24.2. The summed E-state index contributed by atoms with van der Waals surface area (Å²) in [6.45, 7) is 8.50. The molecule has 4 amide bonds. The van der Waals surface area contributed by atoms with E-state index in [2.05, 4.69) is 21.2 Å². The number of piperazine rings is 1. The van der Waals surface area contributed by atoms with E-state index in [1.165, 1.54) is 10.5 Å². The molecule has 4 heterocycles. The molecule has 3 aromatic rings. The predicted octanol–water partition coefficient (Wildman–Crippen LogP) is 8.36. The Hall–Kier alpha value is -4.75. The number of amides is 4. The van der Waals surface area contributed by atoms with Crippen LogP contribution in [-0.2, 0) is 16.0 Å². The number of imide groups is 1. The Kier molecular flexibility index (Phi) is 13.1. The van der Waals surface area contributed by atoms with Crippen LogP contribution in [0.2, 0.25) is 0 Å². The molecular weight excluding hydrogens is 791 g/mol. The van der Waals surface area contributed by atoms with Crippen molar-refractivity contribution in [3.63, 3.8) is 0 Å². The summed E-state index contributed by atoms with van der Waals surface area (Å²) in [6.07, 6.45) is 8.11. The molecule has 8 rings (SSSR count). The number of ether oxygens (including phenoxy) is 1. The van der Waals surface area contributed by atoms with Gasteiger partial charge in [-0.15, -0.1) is 0 Å². The van der Waals surface area contributed by atoms with Crippen molar-refractivity contribution in [2.24, 2.45) is 5.92 Å². The number of rotatable bonds is 14. The molecular formula is C49H62F2N6O5. The number of carbonyl (C=O) groups excluding carboxylic acids is 4. The number of pyridine rings is 1. The second-order valence-electron chi connectivity index (χ2n) is 19.1. The van der Waals surface area contributed by atoms with E-state index in [-0.39, 0.29) is 79.7 Å². The molecule has 3 aliphatic heterocycles. The summed E-state index contributed by atoms with van der Waals surface area (Å²) < 4.78 is 34.1. The van der Waals surface area contributed by atoms with Crippen LogP contribution in [0, 0.1) is 5.92 Å². The second-order valence-corrected chi connectivity index (χ2v) is 19.1. The number of carbonyl (C=O) groups is 4. The molecule has 332 valence electrons. The topological polar surface area (TPSA) is 115 Å². The fraction of sp³-hybridized carbons (Fsp3) is 0.571. The van der Waals surface area contributed by atoms with Crippen LogP contribution >= 0.6 is 0 Å². The molecule has 3 fully saturated rings. The Morgan fingerprint density at radius 1 is 0.903 bits per heavy atom. The zero-order chi connectivity index (χ0) is 43.6. The van der Waals surface area contributed by atoms with Crippen molar-refractivity contribution in [3.8, 4) is 0 Å². The van der Waals surface area contributed by atoms with Crippen LogP contribution in [0.5, 0.6) is 0 Å². The minimum absolute atomic E-state index is 0.0293. The number of likely N-dealkylation sites (tertiary alicyclic amines) is 1. The molecule has 13 heteroatoms. The van der Waals surface area contributed by atoms with Crippen LogP contribution in [0.25, 0.3) is 0 Å². The minimum Gasteiger partial charge on any atom is -0.444 e. The molecule has 2 aliphatic carbocycles. The first kappa shape index (κ1) is 43.9. The quantitative estimate of drug-likeness (QED) is 0.127. The van der Waals surface area contributed by atoms with Crippen LogP contribution in [0.4, 0.5) is 13.6 Å². The van der Waals surface area contributed by atoms with Gasteiger partial charge in [0, 0.05) is 63.2 Å². The minimum atomic E-state index is -2.71. The average Bonchev–Trinajstić information content (AvgIpc) is 3.69. The molecule has 2 aromatic carbocycles. The van der Waals surface area contributed by atoms with Crippen LogP contribution in [-0.4, -0.2) is 111 Å². The zero-order valence-corrected chi connectivity index (χ0v) is 36.4. The van der Waals surface area contributed by atoms with Crippen molar-refractivity contribution in [1.82, 2.24) is 29.9 Å². The van der Waals surface area contributed by atoms with E-state index in [9.17, 15) is 28.0 Å². The molecule has 1 aromatic heterocycles. The third kappa shape index (κ3) is 9.73. The first-order valence-corrected chi connectivity index (χ1v) is 22.9. The fourth-order valence-electron chi connectivity index (χ4n) is 10.7. The molecule has 2 bridgehead atoms. The number of unbranched alkanes of at least 4 members (excludes halogenated alkanes) is 1. The first-order valence-electron chi connectivity index (χ1n) is 22.9. The lowest BCUT2D eigenvalue weighted by atomic mass is 9.86. The van der Waals surface area contributed by atoms with Gasteiger partial charge in [-0.2, -0.15) is 0 Å². The molecule has 1 unspecified atom stereocenters. The predicted molar refractivity (Wildman–Crippen MR) is 232 cm³/mol. The van der Waals surface area contributed by atoms with Crippen molar-refractivity contribution < 1.29 is 32.7 Å². The number of alkyl halides is 2. The Morgan fingerprint density at radius 2 is 1.61 bits per heavy atom. The highest BCUT2D eigenvalue weighted by molar-refractivity contribution is 6.21. The van der Waals surface area contributed by atoms with Crippen molar-refractivity contribution in [3.05, 3.63) is 101 Å². The van der Waals surface area contributed by atoms with Crippen LogP contribution in [0.3, 0.4) is 0 Å². The van der Waals surface area contributed by atoms with Crippen molar-refractivity contribution in [1.29, 1.82) is 0 Å². The van der Waals surface area contributed by atoms with Gasteiger partial charge in [0.25, 0.3) is 11.8 Å². The lowest BCUT2D eigenvalue weighted by Gasteiger charge is -2.49. The number of hydrogen-bond donors (Lipinski definition) is 1. The molecule has 1 saturated carbocycles. The molecule has 2 saturated heterocycles. The summed E-state index contributed by atoms with van der Waals surface area (Å²) in [6, 6.07) is 20.7. The summed E-state index contributed by atoms with van der Waals surface area (Å²) in [7, 11) is 0. The van der Waals surface area contributed by atoms with Crippen molar-refractivity contribution >= 4 is 23.8 Å². The summed E-state index contributed by atoms with van der Waals surface area (Å²) >= 11 is 0. The fourth-order valence-corrected chi connectivity index (χ4v) is 10.7. The molecule has 5 aliphatic rings. The lowest BCUT2D eigenvalue weighted by molar-refractivity contribution is -0.130. The number of nitrogens with zero attached hydrogens (tertiary/aromatic N) is 5. The van der Waals surface area contributed by atoms with Gasteiger partial charge in [-0.3, -0.25) is 34.1 Å². The van der Waals surface area contributed by atoms with Gasteiger partial charge < -0.3 is 15.0 Å². The highest BCUT2D eigenvalue weighted by Gasteiger charge is 2.50. The number of halogens is 2. The maximum atomic E-state index is 14.2. The highest BCUT2D eigenvalue weighted by Crippen LogP contribution is 2.40. The number of benzene rings is 2. The van der Waals surface area contributed by atoms with Gasteiger partial charge in [0.2, 0.25) is 11.8 Å². The Balaban J connectivity index is 1.02. The van der Waals surface area contributed by atoms with Gasteiger partial charge in [-0.05, 0) is 121 Å². The second kappa shape index (κ2) is 18.5. The molecule has 62 heavy (non-hydrogen) atoms. The van der Waals surface area contributed by atoms with Gasteiger partial charge in [0.15, 0.2) is 0 Å². The summed E-state index contributed by atoms with van der Waals surface area (Å²) in [4.78, 5) is 67.5. The maximum absolute atomic E-state index is 14.2. The summed E-state index contributed by atoms with van der Waals surface area (Å²) in [5.41, 5.74) is 3.53. The summed E-state index contributed by atoms with van der Waals surface area (Å²) in [5.74, 6) is -3.79. The third-order valence-electron chi connectivity index (χ3n) is 13.8. The van der Waals surface area contributed by atoms with E-state index in [0.29, 0.717) is 56.7 Å². The largest absolute Gasteiger partial charge is 0.444 e. The molecule has 5 atom stereocenters. The van der Waals surface area contributed by atoms with E-state index in [1.54, 1.807) is 24.3 Å². The lowest BCUT2D eigenvalue weighted by Crippen LogP contribution is -2.64. The molecule has 0 spiro atoms. The van der Waals surface area contributed by atoms with Crippen molar-refractivity contribution in [2.75, 3.05) is 32.7 Å².